The summed E-state index contributed by atoms with van der Waals surface area (Å²) in [6, 6.07) is 0. The quantitative estimate of drug-likeness (QED) is 0.819. The number of aliphatic hydroxyl groups is 1. The molecule has 120 valence electrons. The van der Waals surface area contributed by atoms with E-state index in [-0.39, 0.29) is 5.91 Å². The molecule has 1 amide bonds. The van der Waals surface area contributed by atoms with Crippen LogP contribution >= 0.6 is 0 Å². The minimum atomic E-state index is -0.646. The van der Waals surface area contributed by atoms with Gasteiger partial charge in [0.2, 0.25) is 5.91 Å². The van der Waals surface area contributed by atoms with Gasteiger partial charge in [0.1, 0.15) is 0 Å². The highest BCUT2D eigenvalue weighted by atomic mass is 16.3. The summed E-state index contributed by atoms with van der Waals surface area (Å²) in [4.78, 5) is 18.6. The zero-order chi connectivity index (χ0) is 15.5. The number of carbonyl (C=O) groups excluding carboxylic acids is 1. The summed E-state index contributed by atoms with van der Waals surface area (Å²) in [7, 11) is 1.89. The summed E-state index contributed by atoms with van der Waals surface area (Å²) in [5.74, 6) is 0.194. The lowest BCUT2D eigenvalue weighted by Gasteiger charge is -2.37. The molecular weight excluding hydrogens is 266 g/mol. The first-order chi connectivity index (χ1) is 9.85. The minimum Gasteiger partial charge on any atom is -0.389 e. The Balaban J connectivity index is 1.74. The monoisotopic (exact) mass is 295 g/mol. The topological polar surface area (TPSA) is 47.0 Å². The fourth-order valence-electron chi connectivity index (χ4n) is 3.07. The summed E-state index contributed by atoms with van der Waals surface area (Å²) in [5, 5.41) is 9.85. The number of piperazine rings is 1. The molecule has 1 aliphatic carbocycles. The maximum absolute atomic E-state index is 12.3. The average Bonchev–Trinajstić information content (AvgIpc) is 2.92. The highest BCUT2D eigenvalue weighted by Gasteiger charge is 2.25. The van der Waals surface area contributed by atoms with Crippen LogP contribution in [0.5, 0.6) is 0 Å². The number of allylic oxidation sites excluding steroid dienone is 2. The molecule has 0 bridgehead atoms. The van der Waals surface area contributed by atoms with Gasteiger partial charge in [-0.05, 0) is 33.1 Å². The second-order valence-electron chi connectivity index (χ2n) is 6.91. The molecule has 0 aromatic carbocycles. The van der Waals surface area contributed by atoms with Gasteiger partial charge in [-0.2, -0.15) is 0 Å². The molecule has 0 aromatic rings. The van der Waals surface area contributed by atoms with Crippen molar-refractivity contribution >= 4 is 5.91 Å². The van der Waals surface area contributed by atoms with Gasteiger partial charge < -0.3 is 10.0 Å². The summed E-state index contributed by atoms with van der Waals surface area (Å²) < 4.78 is 0. The Morgan fingerprint density at radius 2 is 1.90 bits per heavy atom. The Bertz CT molecular complexity index is 393. The van der Waals surface area contributed by atoms with Gasteiger partial charge in [0.15, 0.2) is 0 Å². The number of β-amino-alcohol motifs (C(OH)–C–C–N with tert-alkyl or cyclic N) is 1. The molecule has 0 saturated carbocycles. The van der Waals surface area contributed by atoms with E-state index in [2.05, 4.69) is 15.9 Å². The predicted octanol–water partition coefficient (Wildman–Crippen LogP) is 0.901. The Morgan fingerprint density at radius 1 is 1.29 bits per heavy atom. The standard InChI is InChI=1S/C16H29N3O2/c1-16(2,21)13-19-10-8-18(9-11-19)12-15(20)17(3)14-6-4-5-7-14/h6,21H,4-5,7-13H2,1-3H3. The normalized spacial score (nSPS) is 21.4. The molecule has 1 aliphatic heterocycles. The van der Waals surface area contributed by atoms with Crippen LogP contribution in [0.2, 0.25) is 0 Å². The lowest BCUT2D eigenvalue weighted by atomic mass is 10.1. The molecule has 0 spiro atoms. The number of likely N-dealkylation sites (N-methyl/N-ethyl adjacent to an activating group) is 1. The number of hydrogen-bond donors (Lipinski definition) is 1. The van der Waals surface area contributed by atoms with Gasteiger partial charge in [0, 0.05) is 45.5 Å². The van der Waals surface area contributed by atoms with E-state index in [1.54, 1.807) is 0 Å². The number of amides is 1. The molecule has 1 saturated heterocycles. The molecule has 5 heteroatoms. The molecule has 1 N–H and O–H groups in total. The maximum atomic E-state index is 12.3. The highest BCUT2D eigenvalue weighted by molar-refractivity contribution is 5.79. The van der Waals surface area contributed by atoms with Gasteiger partial charge in [-0.1, -0.05) is 6.08 Å². The van der Waals surface area contributed by atoms with E-state index in [0.717, 1.165) is 39.0 Å². The second kappa shape index (κ2) is 6.90. The predicted molar refractivity (Wildman–Crippen MR) is 83.9 cm³/mol. The van der Waals surface area contributed by atoms with Crippen LogP contribution in [0, 0.1) is 0 Å². The molecule has 2 aliphatic rings. The molecule has 0 unspecified atom stereocenters. The largest absolute Gasteiger partial charge is 0.389 e. The van der Waals surface area contributed by atoms with Crippen molar-refractivity contribution in [2.45, 2.75) is 38.7 Å². The first-order valence-corrected chi connectivity index (χ1v) is 7.98. The van der Waals surface area contributed by atoms with E-state index in [1.807, 2.05) is 25.8 Å². The van der Waals surface area contributed by atoms with Crippen LogP contribution in [0.25, 0.3) is 0 Å². The van der Waals surface area contributed by atoms with Gasteiger partial charge in [-0.15, -0.1) is 0 Å². The van der Waals surface area contributed by atoms with Crippen LogP contribution in [-0.4, -0.2) is 77.6 Å². The SMILES string of the molecule is CN(C(=O)CN1CCN(CC(C)(C)O)CC1)C1=CCCC1. The van der Waals surface area contributed by atoms with Gasteiger partial charge in [-0.25, -0.2) is 0 Å². The lowest BCUT2D eigenvalue weighted by Crippen LogP contribution is -2.52. The van der Waals surface area contributed by atoms with Crippen molar-refractivity contribution in [3.05, 3.63) is 11.8 Å². The third-order valence-electron chi connectivity index (χ3n) is 4.26. The number of carbonyl (C=O) groups is 1. The smallest absolute Gasteiger partial charge is 0.240 e. The van der Waals surface area contributed by atoms with Gasteiger partial charge in [0.05, 0.1) is 12.1 Å². The van der Waals surface area contributed by atoms with Crippen molar-refractivity contribution in [2.75, 3.05) is 46.3 Å². The number of nitrogens with zero attached hydrogens (tertiary/aromatic N) is 3. The van der Waals surface area contributed by atoms with Crippen molar-refractivity contribution in [1.82, 2.24) is 14.7 Å². The first kappa shape index (κ1) is 16.5. The van der Waals surface area contributed by atoms with Crippen LogP contribution in [0.1, 0.15) is 33.1 Å². The zero-order valence-corrected chi connectivity index (χ0v) is 13.6. The van der Waals surface area contributed by atoms with E-state index < -0.39 is 5.60 Å². The summed E-state index contributed by atoms with van der Waals surface area (Å²) in [6.07, 6.45) is 5.48. The molecule has 0 radical (unpaired) electrons. The third-order valence-corrected chi connectivity index (χ3v) is 4.26. The highest BCUT2D eigenvalue weighted by Crippen LogP contribution is 2.20. The molecule has 2 rings (SSSR count). The molecule has 0 aromatic heterocycles. The lowest BCUT2D eigenvalue weighted by molar-refractivity contribution is -0.130. The molecule has 0 atom stereocenters. The van der Waals surface area contributed by atoms with Gasteiger partial charge in [-0.3, -0.25) is 14.6 Å². The van der Waals surface area contributed by atoms with E-state index >= 15 is 0 Å². The van der Waals surface area contributed by atoms with Gasteiger partial charge in [0.25, 0.3) is 0 Å². The van der Waals surface area contributed by atoms with Crippen molar-refractivity contribution < 1.29 is 9.90 Å². The zero-order valence-electron chi connectivity index (χ0n) is 13.6. The Morgan fingerprint density at radius 3 is 2.43 bits per heavy atom. The number of rotatable bonds is 5. The van der Waals surface area contributed by atoms with Crippen molar-refractivity contribution in [3.8, 4) is 0 Å². The summed E-state index contributed by atoms with van der Waals surface area (Å²) >= 11 is 0. The molecule has 5 nitrogen and oxygen atoms in total. The fraction of sp³-hybridized carbons (Fsp3) is 0.812. The van der Waals surface area contributed by atoms with Crippen molar-refractivity contribution in [3.63, 3.8) is 0 Å². The Kier molecular flexibility index (Phi) is 5.41. The number of hydrogen-bond acceptors (Lipinski definition) is 4. The fourth-order valence-corrected chi connectivity index (χ4v) is 3.07. The average molecular weight is 295 g/mol. The Labute approximate surface area is 128 Å². The molecule has 1 fully saturated rings. The molecular formula is C16H29N3O2. The van der Waals surface area contributed by atoms with E-state index in [9.17, 15) is 9.90 Å². The van der Waals surface area contributed by atoms with Crippen LogP contribution in [0.3, 0.4) is 0 Å². The van der Waals surface area contributed by atoms with E-state index in [0.29, 0.717) is 13.1 Å². The minimum absolute atomic E-state index is 0.194. The van der Waals surface area contributed by atoms with Crippen LogP contribution < -0.4 is 0 Å². The van der Waals surface area contributed by atoms with Crippen LogP contribution in [0.15, 0.2) is 11.8 Å². The Hall–Kier alpha value is -0.910. The maximum Gasteiger partial charge on any atom is 0.240 e. The second-order valence-corrected chi connectivity index (χ2v) is 6.91. The third kappa shape index (κ3) is 5.09. The molecule has 1 heterocycles. The first-order valence-electron chi connectivity index (χ1n) is 7.98. The van der Waals surface area contributed by atoms with E-state index in [1.165, 1.54) is 12.1 Å². The van der Waals surface area contributed by atoms with Gasteiger partial charge >= 0.3 is 0 Å². The van der Waals surface area contributed by atoms with Crippen LogP contribution in [0.4, 0.5) is 0 Å². The molecule has 21 heavy (non-hydrogen) atoms. The van der Waals surface area contributed by atoms with Crippen molar-refractivity contribution in [1.29, 1.82) is 0 Å². The van der Waals surface area contributed by atoms with E-state index in [4.69, 9.17) is 0 Å². The summed E-state index contributed by atoms with van der Waals surface area (Å²) in [5.41, 5.74) is 0.535. The van der Waals surface area contributed by atoms with Crippen LogP contribution in [-0.2, 0) is 4.79 Å². The summed E-state index contributed by atoms with van der Waals surface area (Å²) in [6.45, 7) is 8.52. The van der Waals surface area contributed by atoms with Crippen molar-refractivity contribution in [2.24, 2.45) is 0 Å².